The minimum absolute atomic E-state index is 0.0855. The molecule has 2 aromatic carbocycles. The van der Waals surface area contributed by atoms with E-state index < -0.39 is 0 Å². The van der Waals surface area contributed by atoms with E-state index in [1.165, 1.54) is 0 Å². The van der Waals surface area contributed by atoms with Crippen LogP contribution in [0.2, 0.25) is 0 Å². The predicted octanol–water partition coefficient (Wildman–Crippen LogP) is 3.98. The second kappa shape index (κ2) is 6.61. The fraction of sp³-hybridized carbons (Fsp3) is 0.389. The van der Waals surface area contributed by atoms with E-state index in [0.29, 0.717) is 17.2 Å². The molecule has 0 spiro atoms. The van der Waals surface area contributed by atoms with Gasteiger partial charge in [-0.25, -0.2) is 0 Å². The highest BCUT2D eigenvalue weighted by Gasteiger charge is 2.18. The molecule has 3 heteroatoms. The quantitative estimate of drug-likeness (QED) is 0.816. The topological polar surface area (TPSA) is 55.1 Å². The SMILES string of the molecule is CCC(CC)C(C)NC(=O)c1cc2ccccc2cc1N. The molecule has 1 amide bonds. The summed E-state index contributed by atoms with van der Waals surface area (Å²) in [6.45, 7) is 6.37. The van der Waals surface area contributed by atoms with Gasteiger partial charge in [-0.15, -0.1) is 0 Å². The van der Waals surface area contributed by atoms with E-state index in [1.54, 1.807) is 0 Å². The molecular weight excluding hydrogens is 260 g/mol. The van der Waals surface area contributed by atoms with E-state index in [2.05, 4.69) is 26.1 Å². The molecule has 0 saturated heterocycles. The second-order valence-corrected chi connectivity index (χ2v) is 5.63. The smallest absolute Gasteiger partial charge is 0.253 e. The van der Waals surface area contributed by atoms with E-state index in [4.69, 9.17) is 5.73 Å². The average molecular weight is 284 g/mol. The van der Waals surface area contributed by atoms with Gasteiger partial charge in [-0.2, -0.15) is 0 Å². The number of rotatable bonds is 5. The molecule has 0 heterocycles. The first-order valence-corrected chi connectivity index (χ1v) is 7.65. The van der Waals surface area contributed by atoms with Gasteiger partial charge in [-0.05, 0) is 35.7 Å². The Morgan fingerprint density at radius 1 is 1.14 bits per heavy atom. The summed E-state index contributed by atoms with van der Waals surface area (Å²) in [7, 11) is 0. The minimum atomic E-state index is -0.0855. The molecule has 0 radical (unpaired) electrons. The zero-order valence-electron chi connectivity index (χ0n) is 13.0. The molecule has 0 saturated carbocycles. The number of hydrogen-bond donors (Lipinski definition) is 2. The Kier molecular flexibility index (Phi) is 4.84. The molecule has 2 aromatic rings. The van der Waals surface area contributed by atoms with E-state index >= 15 is 0 Å². The van der Waals surface area contributed by atoms with Crippen LogP contribution in [0, 0.1) is 5.92 Å². The number of anilines is 1. The van der Waals surface area contributed by atoms with Gasteiger partial charge in [0.25, 0.3) is 5.91 Å². The Morgan fingerprint density at radius 2 is 1.71 bits per heavy atom. The molecule has 3 N–H and O–H groups in total. The molecule has 2 rings (SSSR count). The molecule has 1 atom stereocenters. The molecule has 0 bridgehead atoms. The fourth-order valence-electron chi connectivity index (χ4n) is 2.85. The number of carbonyl (C=O) groups is 1. The van der Waals surface area contributed by atoms with Gasteiger partial charge >= 0.3 is 0 Å². The first kappa shape index (κ1) is 15.4. The Bertz CT molecular complexity index is 632. The van der Waals surface area contributed by atoms with Crippen LogP contribution in [0.25, 0.3) is 10.8 Å². The molecule has 0 fully saturated rings. The molecule has 3 nitrogen and oxygen atoms in total. The number of carbonyl (C=O) groups excluding carboxylic acids is 1. The van der Waals surface area contributed by atoms with Crippen LogP contribution in [-0.2, 0) is 0 Å². The number of nitrogens with two attached hydrogens (primary N) is 1. The van der Waals surface area contributed by atoms with Crippen molar-refractivity contribution in [2.24, 2.45) is 5.92 Å². The third kappa shape index (κ3) is 3.35. The maximum Gasteiger partial charge on any atom is 0.253 e. The van der Waals surface area contributed by atoms with Gasteiger partial charge < -0.3 is 11.1 Å². The summed E-state index contributed by atoms with van der Waals surface area (Å²) in [5.41, 5.74) is 7.14. The second-order valence-electron chi connectivity index (χ2n) is 5.63. The number of amides is 1. The summed E-state index contributed by atoms with van der Waals surface area (Å²) < 4.78 is 0. The van der Waals surface area contributed by atoms with Crippen LogP contribution in [0.4, 0.5) is 5.69 Å². The Balaban J connectivity index is 2.25. The van der Waals surface area contributed by atoms with Crippen LogP contribution in [0.1, 0.15) is 44.0 Å². The van der Waals surface area contributed by atoms with Gasteiger partial charge in [-0.3, -0.25) is 4.79 Å². The van der Waals surface area contributed by atoms with Crippen molar-refractivity contribution < 1.29 is 4.79 Å². The third-order valence-corrected chi connectivity index (χ3v) is 4.28. The van der Waals surface area contributed by atoms with Crippen molar-refractivity contribution in [3.63, 3.8) is 0 Å². The molecule has 1 unspecified atom stereocenters. The average Bonchev–Trinajstić information content (AvgIpc) is 2.47. The van der Waals surface area contributed by atoms with Crippen LogP contribution in [0.15, 0.2) is 36.4 Å². The normalized spacial score (nSPS) is 12.6. The van der Waals surface area contributed by atoms with E-state index in [1.807, 2.05) is 36.4 Å². The van der Waals surface area contributed by atoms with Crippen molar-refractivity contribution in [3.8, 4) is 0 Å². The summed E-state index contributed by atoms with van der Waals surface area (Å²) in [5, 5.41) is 5.17. The first-order valence-electron chi connectivity index (χ1n) is 7.65. The van der Waals surface area contributed by atoms with Crippen molar-refractivity contribution in [1.82, 2.24) is 5.32 Å². The summed E-state index contributed by atoms with van der Waals surface area (Å²) in [4.78, 5) is 12.5. The lowest BCUT2D eigenvalue weighted by molar-refractivity contribution is 0.0926. The van der Waals surface area contributed by atoms with Gasteiger partial charge in [0.2, 0.25) is 0 Å². The molecule has 0 aliphatic rings. The summed E-state index contributed by atoms with van der Waals surface area (Å²) in [6, 6.07) is 11.8. The van der Waals surface area contributed by atoms with E-state index in [0.717, 1.165) is 23.6 Å². The molecular formula is C18H24N2O. The van der Waals surface area contributed by atoms with Crippen molar-refractivity contribution in [3.05, 3.63) is 42.0 Å². The van der Waals surface area contributed by atoms with Crippen molar-refractivity contribution in [2.45, 2.75) is 39.7 Å². The molecule has 0 aliphatic heterocycles. The summed E-state index contributed by atoms with van der Waals surface area (Å²) in [6.07, 6.45) is 2.12. The van der Waals surface area contributed by atoms with Crippen LogP contribution in [0.3, 0.4) is 0 Å². The highest BCUT2D eigenvalue weighted by Crippen LogP contribution is 2.22. The number of nitrogens with one attached hydrogen (secondary N) is 1. The zero-order chi connectivity index (χ0) is 15.4. The highest BCUT2D eigenvalue weighted by molar-refractivity contribution is 6.04. The van der Waals surface area contributed by atoms with Crippen LogP contribution in [0.5, 0.6) is 0 Å². The molecule has 112 valence electrons. The Hall–Kier alpha value is -2.03. The Morgan fingerprint density at radius 3 is 2.29 bits per heavy atom. The van der Waals surface area contributed by atoms with Gasteiger partial charge in [0.1, 0.15) is 0 Å². The standard InChI is InChI=1S/C18H24N2O/c1-4-13(5-2)12(3)20-18(21)16-10-14-8-6-7-9-15(14)11-17(16)19/h6-13H,4-5,19H2,1-3H3,(H,20,21). The number of fused-ring (bicyclic) bond motifs is 1. The zero-order valence-corrected chi connectivity index (χ0v) is 13.0. The lowest BCUT2D eigenvalue weighted by Gasteiger charge is -2.23. The lowest BCUT2D eigenvalue weighted by atomic mass is 9.95. The predicted molar refractivity (Wildman–Crippen MR) is 89.4 cm³/mol. The largest absolute Gasteiger partial charge is 0.398 e. The van der Waals surface area contributed by atoms with Gasteiger partial charge in [-0.1, -0.05) is 51.0 Å². The third-order valence-electron chi connectivity index (χ3n) is 4.28. The highest BCUT2D eigenvalue weighted by atomic mass is 16.1. The number of benzene rings is 2. The molecule has 0 aliphatic carbocycles. The van der Waals surface area contributed by atoms with Gasteiger partial charge in [0.15, 0.2) is 0 Å². The van der Waals surface area contributed by atoms with Gasteiger partial charge in [0, 0.05) is 11.7 Å². The first-order chi connectivity index (χ1) is 10.1. The van der Waals surface area contributed by atoms with Crippen molar-refractivity contribution >= 4 is 22.4 Å². The van der Waals surface area contributed by atoms with Crippen molar-refractivity contribution in [1.29, 1.82) is 0 Å². The van der Waals surface area contributed by atoms with Crippen LogP contribution < -0.4 is 11.1 Å². The fourth-order valence-corrected chi connectivity index (χ4v) is 2.85. The molecule has 0 aromatic heterocycles. The summed E-state index contributed by atoms with van der Waals surface area (Å²) in [5.74, 6) is 0.410. The summed E-state index contributed by atoms with van der Waals surface area (Å²) >= 11 is 0. The van der Waals surface area contributed by atoms with Gasteiger partial charge in [0.05, 0.1) is 5.56 Å². The minimum Gasteiger partial charge on any atom is -0.398 e. The maximum atomic E-state index is 12.5. The van der Waals surface area contributed by atoms with E-state index in [9.17, 15) is 4.79 Å². The Labute approximate surface area is 126 Å². The number of nitrogen functional groups attached to an aromatic ring is 1. The maximum absolute atomic E-state index is 12.5. The van der Waals surface area contributed by atoms with Crippen LogP contribution in [-0.4, -0.2) is 11.9 Å². The lowest BCUT2D eigenvalue weighted by Crippen LogP contribution is -2.38. The van der Waals surface area contributed by atoms with Crippen LogP contribution >= 0.6 is 0 Å². The van der Waals surface area contributed by atoms with Crippen molar-refractivity contribution in [2.75, 3.05) is 5.73 Å². The molecule has 21 heavy (non-hydrogen) atoms. The van der Waals surface area contributed by atoms with E-state index in [-0.39, 0.29) is 11.9 Å². The monoisotopic (exact) mass is 284 g/mol. The number of hydrogen-bond acceptors (Lipinski definition) is 2.